The van der Waals surface area contributed by atoms with Crippen molar-refractivity contribution in [3.05, 3.63) is 83.9 Å². The molecule has 1 radical (unpaired) electrons. The maximum absolute atomic E-state index is 11.4. The van der Waals surface area contributed by atoms with Crippen molar-refractivity contribution in [1.82, 2.24) is 0 Å². The van der Waals surface area contributed by atoms with Crippen molar-refractivity contribution in [3.8, 4) is 56.8 Å². The normalized spacial score (nSPS) is 14.0. The third kappa shape index (κ3) is 36.0. The molecule has 2 N–H and O–H groups in total. The molecule has 4 aromatic rings. The number of methoxy groups -OCH3 is 4. The first-order valence-corrected chi connectivity index (χ1v) is 31.9. The topological polar surface area (TPSA) is 250 Å². The molecular weight excluding hydrogens is 1290 g/mol. The van der Waals surface area contributed by atoms with Gasteiger partial charge in [-0.15, -0.1) is 0 Å². The summed E-state index contributed by atoms with van der Waals surface area (Å²) in [5.74, 6) is 1.83. The van der Waals surface area contributed by atoms with Gasteiger partial charge in [-0.05, 0) is 60.4 Å². The summed E-state index contributed by atoms with van der Waals surface area (Å²) in [5, 5.41) is 22.8. The van der Waals surface area contributed by atoms with E-state index >= 15 is 0 Å². The smallest absolute Gasteiger partial charge is 1.00 e. The van der Waals surface area contributed by atoms with Crippen LogP contribution in [0.1, 0.15) is 36.8 Å². The van der Waals surface area contributed by atoms with Crippen LogP contribution in [0, 0.1) is 0 Å². The maximum Gasteiger partial charge on any atom is 2.00 e. The monoisotopic (exact) mass is 1390 g/mol. The van der Waals surface area contributed by atoms with Crippen LogP contribution in [0.3, 0.4) is 0 Å². The van der Waals surface area contributed by atoms with Crippen LogP contribution in [0.25, 0.3) is 22.3 Å². The Kier molecular flexibility index (Phi) is 49.9. The van der Waals surface area contributed by atoms with Gasteiger partial charge in [-0.25, -0.2) is 0 Å². The molecule has 2 atom stereocenters. The summed E-state index contributed by atoms with van der Waals surface area (Å²) < 4.78 is 111. The number of phenols is 2. The summed E-state index contributed by atoms with van der Waals surface area (Å²) in [6.45, 7) is 15.0. The average molecular weight is 1390 g/mol. The number of phenolic OH excluding ortho intramolecular Hbond substituents is 2. The number of rotatable bonds is 58. The Labute approximate surface area is 572 Å². The molecule has 0 spiro atoms. The fraction of sp³-hybridized carbons (Fsp3) is 0.618. The molecule has 529 valence electrons. The Morgan fingerprint density at radius 3 is 0.840 bits per heavy atom. The van der Waals surface area contributed by atoms with E-state index in [0.717, 1.165) is 47.9 Å². The Bertz CT molecular complexity index is 2390. The second-order valence-electron chi connectivity index (χ2n) is 20.5. The predicted octanol–water partition coefficient (Wildman–Crippen LogP) is 4.58. The van der Waals surface area contributed by atoms with E-state index < -0.39 is 0 Å². The predicted molar refractivity (Wildman–Crippen MR) is 348 cm³/mol. The number of hydrogen-bond donors (Lipinski definition) is 2. The van der Waals surface area contributed by atoms with E-state index in [-0.39, 0.29) is 53.1 Å². The van der Waals surface area contributed by atoms with Crippen LogP contribution in [0.15, 0.2) is 82.8 Å². The molecule has 26 heteroatoms. The Morgan fingerprint density at radius 2 is 0.585 bits per heavy atom. The quantitative estimate of drug-likeness (QED) is 0.0349. The SMILES string of the molecule is COCCOCCOCCOCCOCCOCCOCCOCCOc1ccccc1-c1cc(C=NC2CCCCC2N=Cc2cc(-c3ccccc3OCCOCCOCCOCCOCCOCCOCCOCCOC)cc(OC)c2O)c(O)c(OC)c1.[Cl-].[Mn+2]. The third-order valence-corrected chi connectivity index (χ3v) is 13.8. The molecule has 24 nitrogen and oxygen atoms in total. The number of nitrogens with zero attached hydrogens (tertiary/aromatic N) is 2. The van der Waals surface area contributed by atoms with Crippen molar-refractivity contribution >= 4 is 12.4 Å². The summed E-state index contributed by atoms with van der Waals surface area (Å²) in [5.41, 5.74) is 4.15. The van der Waals surface area contributed by atoms with Gasteiger partial charge in [-0.1, -0.05) is 49.2 Å². The number of ether oxygens (including phenoxy) is 20. The average Bonchev–Trinajstić information content (AvgIpc) is 0.831. The van der Waals surface area contributed by atoms with Crippen molar-refractivity contribution < 1.29 is 134 Å². The molecule has 0 saturated heterocycles. The summed E-state index contributed by atoms with van der Waals surface area (Å²) in [4.78, 5) is 10.1. The number of hydrogen-bond acceptors (Lipinski definition) is 24. The van der Waals surface area contributed by atoms with Gasteiger partial charge in [0.15, 0.2) is 23.0 Å². The maximum atomic E-state index is 11.4. The minimum Gasteiger partial charge on any atom is -1.00 e. The minimum absolute atomic E-state index is 0. The van der Waals surface area contributed by atoms with Crippen molar-refractivity contribution in [1.29, 1.82) is 0 Å². The molecule has 0 heterocycles. The molecule has 1 aliphatic rings. The van der Waals surface area contributed by atoms with E-state index in [0.29, 0.717) is 246 Å². The second-order valence-corrected chi connectivity index (χ2v) is 20.5. The largest absolute Gasteiger partial charge is 2.00 e. The molecule has 0 aromatic heterocycles. The van der Waals surface area contributed by atoms with Gasteiger partial charge < -0.3 is 117 Å². The van der Waals surface area contributed by atoms with Crippen molar-refractivity contribution in [2.45, 2.75) is 37.8 Å². The first-order valence-electron chi connectivity index (χ1n) is 31.9. The van der Waals surface area contributed by atoms with Gasteiger partial charge in [0, 0.05) is 48.9 Å². The molecule has 0 aliphatic heterocycles. The zero-order valence-corrected chi connectivity index (χ0v) is 57.3. The van der Waals surface area contributed by atoms with Crippen LogP contribution in [0.5, 0.6) is 34.5 Å². The molecule has 1 saturated carbocycles. The molecule has 1 fully saturated rings. The van der Waals surface area contributed by atoms with E-state index in [4.69, 9.17) is 105 Å². The number of benzene rings is 4. The second kappa shape index (κ2) is 56.2. The van der Waals surface area contributed by atoms with E-state index in [2.05, 4.69) is 0 Å². The number of aliphatic imine (C=N–C) groups is 2. The van der Waals surface area contributed by atoms with Gasteiger partial charge in [0.1, 0.15) is 24.7 Å². The molecule has 0 amide bonds. The summed E-state index contributed by atoms with van der Waals surface area (Å²) in [6, 6.07) is 22.3. The molecule has 4 aromatic carbocycles. The van der Waals surface area contributed by atoms with Crippen molar-refractivity contribution in [2.75, 3.05) is 240 Å². The first kappa shape index (κ1) is 83.4. The van der Waals surface area contributed by atoms with Crippen molar-refractivity contribution in [3.63, 3.8) is 0 Å². The zero-order valence-electron chi connectivity index (χ0n) is 55.4. The first-order chi connectivity index (χ1) is 45.5. The summed E-state index contributed by atoms with van der Waals surface area (Å²) in [6.07, 6.45) is 6.92. The minimum atomic E-state index is -0.191. The van der Waals surface area contributed by atoms with Gasteiger partial charge in [-0.2, -0.15) is 0 Å². The van der Waals surface area contributed by atoms with Crippen LogP contribution in [-0.4, -0.2) is 275 Å². The van der Waals surface area contributed by atoms with Crippen molar-refractivity contribution in [2.24, 2.45) is 9.98 Å². The van der Waals surface area contributed by atoms with Gasteiger partial charge in [0.05, 0.1) is 225 Å². The number of para-hydroxylation sites is 2. The summed E-state index contributed by atoms with van der Waals surface area (Å²) >= 11 is 0. The van der Waals surface area contributed by atoms with Gasteiger partial charge in [-0.3, -0.25) is 9.98 Å². The zero-order chi connectivity index (χ0) is 65.0. The molecule has 94 heavy (non-hydrogen) atoms. The van der Waals surface area contributed by atoms with Crippen LogP contribution in [0.4, 0.5) is 0 Å². The fourth-order valence-corrected chi connectivity index (χ4v) is 9.08. The molecule has 0 bridgehead atoms. The van der Waals surface area contributed by atoms with Gasteiger partial charge in [0.25, 0.3) is 0 Å². The van der Waals surface area contributed by atoms with E-state index in [9.17, 15) is 10.2 Å². The van der Waals surface area contributed by atoms with Crippen LogP contribution < -0.4 is 31.4 Å². The Hall–Kier alpha value is -4.81. The van der Waals surface area contributed by atoms with E-state index in [1.807, 2.05) is 60.7 Å². The standard InChI is InChI=1S/C68H102N2O22.ClH.Mn/c1-73-17-19-77-21-23-79-25-27-81-29-31-83-33-35-85-37-39-87-41-43-89-45-47-91-63-15-9-5-11-59(63)55-49-57(67(71)65(51-55)75-3)53-69-61-13-7-8-14-62(61)70-54-58-50-56(52-66(76-4)68(58)72)60-12-6-10-16-64(60)92-48-46-90-44-42-88-40-38-86-36-34-84-32-30-82-28-26-80-24-22-78-20-18-74-2;;/h5-6,9-12,15-16,49-54,61-62,71-72H,7-8,13-14,17-48H2,1-4H3;1H;/q;;+2/p-1. The van der Waals surface area contributed by atoms with Crippen LogP contribution in [0.2, 0.25) is 0 Å². The molecule has 5 rings (SSSR count). The van der Waals surface area contributed by atoms with Gasteiger partial charge >= 0.3 is 17.1 Å². The Balaban J connectivity index is 0.0000115. The number of aromatic hydroxyl groups is 2. The van der Waals surface area contributed by atoms with E-state index in [1.165, 1.54) is 14.2 Å². The molecular formula is C68H102ClMnN2O22+. The molecule has 2 unspecified atom stereocenters. The van der Waals surface area contributed by atoms with Gasteiger partial charge in [0.2, 0.25) is 0 Å². The Morgan fingerprint density at radius 1 is 0.340 bits per heavy atom. The number of halogens is 1. The summed E-state index contributed by atoms with van der Waals surface area (Å²) in [7, 11) is 6.32. The van der Waals surface area contributed by atoms with Crippen LogP contribution in [-0.2, 0) is 92.9 Å². The fourth-order valence-electron chi connectivity index (χ4n) is 9.08. The third-order valence-electron chi connectivity index (χ3n) is 13.8. The van der Waals surface area contributed by atoms with Crippen LogP contribution >= 0.6 is 0 Å². The van der Waals surface area contributed by atoms with E-state index in [1.54, 1.807) is 38.8 Å². The molecule has 1 aliphatic carbocycles.